The molecule has 0 saturated carbocycles. The first-order chi connectivity index (χ1) is 9.06. The Kier molecular flexibility index (Phi) is 7.30. The van der Waals surface area contributed by atoms with Crippen LogP contribution in [0.2, 0.25) is 0 Å². The van der Waals surface area contributed by atoms with E-state index in [2.05, 4.69) is 5.32 Å². The van der Waals surface area contributed by atoms with Gasteiger partial charge in [-0.15, -0.1) is 0 Å². The van der Waals surface area contributed by atoms with Crippen LogP contribution in [-0.2, 0) is 4.79 Å². The number of carbonyl (C=O) groups excluding carboxylic acids is 1. The summed E-state index contributed by atoms with van der Waals surface area (Å²) in [7, 11) is 0. The number of amides is 2. The molecule has 0 heterocycles. The zero-order valence-corrected chi connectivity index (χ0v) is 11.1. The monoisotopic (exact) mass is 302 g/mol. The fourth-order valence-corrected chi connectivity index (χ4v) is 1.39. The van der Waals surface area contributed by atoms with E-state index in [1.807, 2.05) is 0 Å². The van der Waals surface area contributed by atoms with Gasteiger partial charge >= 0.3 is 24.3 Å². The molecular weight excluding hydrogens is 284 g/mol. The molecule has 0 aromatic heterocycles. The molecule has 0 spiro atoms. The summed E-state index contributed by atoms with van der Waals surface area (Å²) in [5, 5.41) is 12.5. The van der Waals surface area contributed by atoms with Crippen molar-refractivity contribution in [1.82, 2.24) is 10.6 Å². The molecule has 1 atom stereocenters. The quantitative estimate of drug-likeness (QED) is 0.600. The van der Waals surface area contributed by atoms with Gasteiger partial charge in [-0.05, 0) is 12.3 Å². The predicted molar refractivity (Wildman–Crippen MR) is 62.9 cm³/mol. The summed E-state index contributed by atoms with van der Waals surface area (Å²) in [6.45, 7) is 1.80. The zero-order chi connectivity index (χ0) is 15.9. The number of hydrogen-bond acceptors (Lipinski definition) is 2. The lowest BCUT2D eigenvalue weighted by molar-refractivity contribution is -0.142. The van der Waals surface area contributed by atoms with Crippen molar-refractivity contribution < 1.29 is 32.3 Å². The molecule has 9 heteroatoms. The van der Waals surface area contributed by atoms with Crippen LogP contribution in [0.4, 0.5) is 22.4 Å². The molecule has 1 unspecified atom stereocenters. The highest BCUT2D eigenvalue weighted by Crippen LogP contribution is 2.21. The summed E-state index contributed by atoms with van der Waals surface area (Å²) < 4.78 is 48.7. The number of hydrogen-bond donors (Lipinski definition) is 3. The number of carboxylic acids is 1. The average molecular weight is 302 g/mol. The number of urea groups is 1. The van der Waals surface area contributed by atoms with Crippen molar-refractivity contribution >= 4 is 12.0 Å². The summed E-state index contributed by atoms with van der Waals surface area (Å²) in [6, 6.07) is -1.11. The van der Waals surface area contributed by atoms with Crippen molar-refractivity contribution in [3.8, 4) is 0 Å². The van der Waals surface area contributed by atoms with Crippen molar-refractivity contribution in [3.05, 3.63) is 0 Å². The van der Waals surface area contributed by atoms with Gasteiger partial charge in [0.2, 0.25) is 0 Å². The van der Waals surface area contributed by atoms with Crippen LogP contribution in [0.1, 0.15) is 20.3 Å². The molecule has 0 aliphatic rings. The van der Waals surface area contributed by atoms with Gasteiger partial charge in [0.15, 0.2) is 0 Å². The number of aliphatic carboxylic acids is 1. The minimum Gasteiger partial charge on any atom is -0.481 e. The Balaban J connectivity index is 4.18. The van der Waals surface area contributed by atoms with Crippen LogP contribution in [0.25, 0.3) is 0 Å². The van der Waals surface area contributed by atoms with E-state index in [-0.39, 0.29) is 12.5 Å². The van der Waals surface area contributed by atoms with E-state index < -0.39 is 36.8 Å². The van der Waals surface area contributed by atoms with E-state index in [4.69, 9.17) is 5.11 Å². The largest absolute Gasteiger partial charge is 0.481 e. The van der Waals surface area contributed by atoms with Crippen molar-refractivity contribution in [2.24, 2.45) is 11.8 Å². The molecule has 20 heavy (non-hydrogen) atoms. The van der Waals surface area contributed by atoms with Crippen LogP contribution in [0.3, 0.4) is 0 Å². The standard InChI is InChI=1S/C11H18F4N2O3/c1-6(2)3-7(8(18)19)4-16-10(20)17-5-11(14,15)9(12)13/h6-7,9H,3-5H2,1-2H3,(H,18,19)(H2,16,17,20). The summed E-state index contributed by atoms with van der Waals surface area (Å²) in [4.78, 5) is 22.0. The number of carbonyl (C=O) groups is 2. The summed E-state index contributed by atoms with van der Waals surface area (Å²) in [5.41, 5.74) is 0. The first-order valence-electron chi connectivity index (χ1n) is 5.96. The van der Waals surface area contributed by atoms with E-state index in [0.29, 0.717) is 6.42 Å². The maximum Gasteiger partial charge on any atom is 0.324 e. The van der Waals surface area contributed by atoms with Gasteiger partial charge in [-0.2, -0.15) is 8.78 Å². The van der Waals surface area contributed by atoms with Crippen LogP contribution in [-0.4, -0.2) is 42.5 Å². The van der Waals surface area contributed by atoms with E-state index in [0.717, 1.165) is 0 Å². The van der Waals surface area contributed by atoms with Crippen LogP contribution < -0.4 is 10.6 Å². The lowest BCUT2D eigenvalue weighted by atomic mass is 9.97. The molecule has 0 bridgehead atoms. The zero-order valence-electron chi connectivity index (χ0n) is 11.1. The van der Waals surface area contributed by atoms with E-state index in [1.54, 1.807) is 19.2 Å². The van der Waals surface area contributed by atoms with Crippen LogP contribution in [0, 0.1) is 11.8 Å². The Bertz CT molecular complexity index is 338. The number of nitrogens with one attached hydrogen (secondary N) is 2. The Morgan fingerprint density at radius 2 is 1.75 bits per heavy atom. The van der Waals surface area contributed by atoms with Crippen molar-refractivity contribution in [2.75, 3.05) is 13.1 Å². The minimum absolute atomic E-state index is 0.0733. The van der Waals surface area contributed by atoms with E-state index in [9.17, 15) is 27.2 Å². The fraction of sp³-hybridized carbons (Fsp3) is 0.818. The Morgan fingerprint density at radius 3 is 2.15 bits per heavy atom. The van der Waals surface area contributed by atoms with Gasteiger partial charge in [-0.3, -0.25) is 4.79 Å². The highest BCUT2D eigenvalue weighted by molar-refractivity contribution is 5.75. The van der Waals surface area contributed by atoms with E-state index in [1.165, 1.54) is 0 Å². The lowest BCUT2D eigenvalue weighted by Crippen LogP contribution is -2.46. The second-order valence-corrected chi connectivity index (χ2v) is 4.79. The molecule has 0 fully saturated rings. The lowest BCUT2D eigenvalue weighted by Gasteiger charge is -2.18. The smallest absolute Gasteiger partial charge is 0.324 e. The van der Waals surface area contributed by atoms with Crippen molar-refractivity contribution in [3.63, 3.8) is 0 Å². The SMILES string of the molecule is CC(C)CC(CNC(=O)NCC(F)(F)C(F)F)C(=O)O. The maximum absolute atomic E-state index is 12.5. The van der Waals surface area contributed by atoms with Crippen LogP contribution >= 0.6 is 0 Å². The fourth-order valence-electron chi connectivity index (χ4n) is 1.39. The molecule has 3 N–H and O–H groups in total. The normalized spacial score (nSPS) is 13.4. The molecule has 0 saturated heterocycles. The Morgan fingerprint density at radius 1 is 1.20 bits per heavy atom. The molecule has 0 radical (unpaired) electrons. The third kappa shape index (κ3) is 7.15. The van der Waals surface area contributed by atoms with Gasteiger partial charge in [0, 0.05) is 6.54 Å². The first-order valence-corrected chi connectivity index (χ1v) is 5.96. The van der Waals surface area contributed by atoms with Gasteiger partial charge in [-0.25, -0.2) is 13.6 Å². The Hall–Kier alpha value is -1.54. The van der Waals surface area contributed by atoms with Gasteiger partial charge in [0.25, 0.3) is 0 Å². The topological polar surface area (TPSA) is 78.4 Å². The third-order valence-corrected chi connectivity index (χ3v) is 2.42. The molecule has 118 valence electrons. The van der Waals surface area contributed by atoms with E-state index >= 15 is 0 Å². The molecule has 0 rings (SSSR count). The molecular formula is C11H18F4N2O3. The third-order valence-electron chi connectivity index (χ3n) is 2.42. The van der Waals surface area contributed by atoms with Crippen molar-refractivity contribution in [1.29, 1.82) is 0 Å². The molecule has 2 amide bonds. The Labute approximate surface area is 113 Å². The van der Waals surface area contributed by atoms with Gasteiger partial charge in [0.05, 0.1) is 12.5 Å². The van der Waals surface area contributed by atoms with Crippen LogP contribution in [0.5, 0.6) is 0 Å². The number of rotatable bonds is 8. The van der Waals surface area contributed by atoms with Crippen LogP contribution in [0.15, 0.2) is 0 Å². The maximum atomic E-state index is 12.5. The van der Waals surface area contributed by atoms with Crippen molar-refractivity contribution in [2.45, 2.75) is 32.6 Å². The molecule has 0 aromatic rings. The van der Waals surface area contributed by atoms with Gasteiger partial charge in [0.1, 0.15) is 0 Å². The molecule has 5 nitrogen and oxygen atoms in total. The van der Waals surface area contributed by atoms with Gasteiger partial charge < -0.3 is 15.7 Å². The molecule has 0 aliphatic carbocycles. The summed E-state index contributed by atoms with van der Waals surface area (Å²) in [6.07, 6.45) is -3.58. The average Bonchev–Trinajstić information content (AvgIpc) is 2.31. The first kappa shape index (κ1) is 18.5. The molecule has 0 aliphatic heterocycles. The number of alkyl halides is 4. The second-order valence-electron chi connectivity index (χ2n) is 4.79. The minimum atomic E-state index is -4.32. The number of carboxylic acid groups (broad SMARTS) is 1. The highest BCUT2D eigenvalue weighted by atomic mass is 19.3. The summed E-state index contributed by atoms with van der Waals surface area (Å²) >= 11 is 0. The second kappa shape index (κ2) is 7.91. The predicted octanol–water partition coefficient (Wildman–Crippen LogP) is 1.93. The summed E-state index contributed by atoms with van der Waals surface area (Å²) in [5.74, 6) is -6.24. The highest BCUT2D eigenvalue weighted by Gasteiger charge is 2.40. The molecule has 0 aromatic carbocycles. The number of halogens is 4. The van der Waals surface area contributed by atoms with Gasteiger partial charge in [-0.1, -0.05) is 13.8 Å².